The highest BCUT2D eigenvalue weighted by molar-refractivity contribution is 6.31. The summed E-state index contributed by atoms with van der Waals surface area (Å²) in [5.41, 5.74) is 0.545. The van der Waals surface area contributed by atoms with Crippen LogP contribution in [0.25, 0.3) is 6.08 Å². The van der Waals surface area contributed by atoms with E-state index in [-0.39, 0.29) is 17.9 Å². The number of aliphatic hydroxyl groups is 1. The van der Waals surface area contributed by atoms with Gasteiger partial charge in [0.1, 0.15) is 5.75 Å². The molecule has 0 heterocycles. The zero-order chi connectivity index (χ0) is 10.6. The normalized spacial score (nSPS) is 10.7. The molecular weight excluding hydrogens is 204 g/mol. The van der Waals surface area contributed by atoms with E-state index in [1.807, 2.05) is 0 Å². The Morgan fingerprint density at radius 2 is 2.00 bits per heavy atom. The van der Waals surface area contributed by atoms with Crippen molar-refractivity contribution in [3.63, 3.8) is 0 Å². The summed E-state index contributed by atoms with van der Waals surface area (Å²) in [5.74, 6) is -0.130. The number of hydrogen-bond donors (Lipinski definition) is 2. The van der Waals surface area contributed by atoms with E-state index in [4.69, 9.17) is 16.7 Å². The van der Waals surface area contributed by atoms with Gasteiger partial charge in [-0.1, -0.05) is 23.8 Å². The van der Waals surface area contributed by atoms with Crippen LogP contribution >= 0.6 is 11.6 Å². The van der Waals surface area contributed by atoms with Crippen molar-refractivity contribution < 1.29 is 15.0 Å². The second-order valence-corrected chi connectivity index (χ2v) is 3.07. The van der Waals surface area contributed by atoms with Crippen molar-refractivity contribution in [1.29, 1.82) is 0 Å². The van der Waals surface area contributed by atoms with Crippen LogP contribution in [0.5, 0.6) is 5.75 Å². The van der Waals surface area contributed by atoms with Gasteiger partial charge in [0, 0.05) is 10.6 Å². The van der Waals surface area contributed by atoms with Crippen molar-refractivity contribution in [2.24, 2.45) is 0 Å². The molecule has 0 aromatic heterocycles. The Bertz CT molecular complexity index is 372. The largest absolute Gasteiger partial charge is 0.507 e. The maximum atomic E-state index is 10.5. The number of phenols is 1. The monoisotopic (exact) mass is 212 g/mol. The first-order valence-corrected chi connectivity index (χ1v) is 4.32. The minimum Gasteiger partial charge on any atom is -0.507 e. The van der Waals surface area contributed by atoms with E-state index in [1.165, 1.54) is 24.3 Å². The molecule has 0 unspecified atom stereocenters. The lowest BCUT2D eigenvalue weighted by Crippen LogP contribution is -1.85. The molecule has 14 heavy (non-hydrogen) atoms. The van der Waals surface area contributed by atoms with Crippen molar-refractivity contribution in [3.8, 4) is 5.75 Å². The second-order valence-electron chi connectivity index (χ2n) is 2.64. The average molecular weight is 213 g/mol. The van der Waals surface area contributed by atoms with Crippen molar-refractivity contribution in [2.45, 2.75) is 0 Å². The molecule has 0 aliphatic heterocycles. The fraction of sp³-hybridized carbons (Fsp3) is 0.100. The van der Waals surface area contributed by atoms with E-state index in [1.54, 1.807) is 0 Å². The molecule has 0 radical (unpaired) electrons. The van der Waals surface area contributed by atoms with Crippen molar-refractivity contribution in [2.75, 3.05) is 6.61 Å². The van der Waals surface area contributed by atoms with Gasteiger partial charge in [-0.3, -0.25) is 4.79 Å². The van der Waals surface area contributed by atoms with Crippen LogP contribution in [-0.2, 0) is 0 Å². The van der Waals surface area contributed by atoms with Crippen LogP contribution in [0.15, 0.2) is 18.2 Å². The molecule has 0 atom stereocenters. The first-order chi connectivity index (χ1) is 6.69. The smallest absolute Gasteiger partial charge is 0.153 e. The molecule has 3 nitrogen and oxygen atoms in total. The van der Waals surface area contributed by atoms with E-state index >= 15 is 0 Å². The SMILES string of the molecule is O=Cc1cc(Cl)cc(C=CCO)c1O. The van der Waals surface area contributed by atoms with E-state index in [2.05, 4.69) is 0 Å². The van der Waals surface area contributed by atoms with Crippen molar-refractivity contribution >= 4 is 24.0 Å². The molecule has 0 saturated heterocycles. The lowest BCUT2D eigenvalue weighted by Gasteiger charge is -2.02. The number of phenolic OH excluding ortho intramolecular Hbond substituents is 1. The van der Waals surface area contributed by atoms with Crippen LogP contribution in [0.2, 0.25) is 5.02 Å². The molecule has 4 heteroatoms. The Morgan fingerprint density at radius 1 is 1.36 bits per heavy atom. The van der Waals surface area contributed by atoms with Gasteiger partial charge < -0.3 is 10.2 Å². The molecular formula is C10H9ClO3. The quantitative estimate of drug-likeness (QED) is 0.752. The third-order valence-corrected chi connectivity index (χ3v) is 1.88. The van der Waals surface area contributed by atoms with Gasteiger partial charge in [-0.05, 0) is 12.1 Å². The third-order valence-electron chi connectivity index (χ3n) is 1.66. The maximum absolute atomic E-state index is 10.5. The predicted octanol–water partition coefficient (Wildman–Crippen LogP) is 1.86. The van der Waals surface area contributed by atoms with Gasteiger partial charge in [0.2, 0.25) is 0 Å². The standard InChI is InChI=1S/C10H9ClO3/c11-9-4-7(2-1-3-12)10(14)8(5-9)6-13/h1-2,4-6,12,14H,3H2. The van der Waals surface area contributed by atoms with Gasteiger partial charge in [0.05, 0.1) is 12.2 Å². The number of carbonyl (C=O) groups is 1. The number of aldehydes is 1. The Morgan fingerprint density at radius 3 is 2.57 bits per heavy atom. The molecule has 2 N–H and O–H groups in total. The second kappa shape index (κ2) is 4.79. The highest BCUT2D eigenvalue weighted by Crippen LogP contribution is 2.26. The lowest BCUT2D eigenvalue weighted by atomic mass is 10.1. The molecule has 0 aliphatic rings. The van der Waals surface area contributed by atoms with Crippen LogP contribution in [0.3, 0.4) is 0 Å². The molecule has 0 aliphatic carbocycles. The number of hydrogen-bond acceptors (Lipinski definition) is 3. The summed E-state index contributed by atoms with van der Waals surface area (Å²) in [6, 6.07) is 2.89. The van der Waals surface area contributed by atoms with Crippen LogP contribution in [0.1, 0.15) is 15.9 Å². The Kier molecular flexibility index (Phi) is 3.68. The molecule has 1 aromatic rings. The van der Waals surface area contributed by atoms with Gasteiger partial charge in [-0.15, -0.1) is 0 Å². The highest BCUT2D eigenvalue weighted by Gasteiger charge is 2.05. The van der Waals surface area contributed by atoms with Crippen LogP contribution in [0.4, 0.5) is 0 Å². The number of carbonyl (C=O) groups excluding carboxylic acids is 1. The van der Waals surface area contributed by atoms with E-state index < -0.39 is 0 Å². The van der Waals surface area contributed by atoms with Crippen LogP contribution in [0, 0.1) is 0 Å². The Labute approximate surface area is 86.3 Å². The minimum absolute atomic E-state index is 0.130. The molecule has 0 spiro atoms. The topological polar surface area (TPSA) is 57.5 Å². The number of benzene rings is 1. The number of rotatable bonds is 3. The first kappa shape index (κ1) is 10.8. The van der Waals surface area contributed by atoms with Gasteiger partial charge in [-0.2, -0.15) is 0 Å². The lowest BCUT2D eigenvalue weighted by molar-refractivity contribution is 0.112. The summed E-state index contributed by atoms with van der Waals surface area (Å²) >= 11 is 5.71. The third kappa shape index (κ3) is 2.34. The summed E-state index contributed by atoms with van der Waals surface area (Å²) in [5, 5.41) is 18.4. The summed E-state index contributed by atoms with van der Waals surface area (Å²) < 4.78 is 0. The molecule has 0 bridgehead atoms. The van der Waals surface area contributed by atoms with Gasteiger partial charge in [0.25, 0.3) is 0 Å². The molecule has 0 saturated carbocycles. The summed E-state index contributed by atoms with van der Waals surface area (Å²) in [7, 11) is 0. The van der Waals surface area contributed by atoms with Gasteiger partial charge in [-0.25, -0.2) is 0 Å². The summed E-state index contributed by atoms with van der Waals surface area (Å²) in [6.07, 6.45) is 3.46. The Hall–Kier alpha value is -1.32. The maximum Gasteiger partial charge on any atom is 0.153 e. The fourth-order valence-electron chi connectivity index (χ4n) is 1.04. The van der Waals surface area contributed by atoms with E-state index in [0.717, 1.165) is 0 Å². The highest BCUT2D eigenvalue weighted by atomic mass is 35.5. The van der Waals surface area contributed by atoms with Crippen LogP contribution < -0.4 is 0 Å². The Balaban J connectivity index is 3.21. The van der Waals surface area contributed by atoms with Gasteiger partial charge >= 0.3 is 0 Å². The summed E-state index contributed by atoms with van der Waals surface area (Å²) in [4.78, 5) is 10.5. The number of halogens is 1. The van der Waals surface area contributed by atoms with Crippen molar-refractivity contribution in [1.82, 2.24) is 0 Å². The molecule has 1 rings (SSSR count). The molecule has 74 valence electrons. The minimum atomic E-state index is -0.137. The van der Waals surface area contributed by atoms with Crippen molar-refractivity contribution in [3.05, 3.63) is 34.4 Å². The molecule has 1 aromatic carbocycles. The van der Waals surface area contributed by atoms with E-state index in [9.17, 15) is 9.90 Å². The fourth-order valence-corrected chi connectivity index (χ4v) is 1.27. The van der Waals surface area contributed by atoms with E-state index in [0.29, 0.717) is 16.9 Å². The first-order valence-electron chi connectivity index (χ1n) is 3.94. The number of aromatic hydroxyl groups is 1. The number of aliphatic hydroxyl groups excluding tert-OH is 1. The van der Waals surface area contributed by atoms with Gasteiger partial charge in [0.15, 0.2) is 6.29 Å². The average Bonchev–Trinajstić information content (AvgIpc) is 2.18. The zero-order valence-corrected chi connectivity index (χ0v) is 8.03. The molecule has 0 amide bonds. The zero-order valence-electron chi connectivity index (χ0n) is 7.27. The van der Waals surface area contributed by atoms with Crippen LogP contribution in [-0.4, -0.2) is 23.1 Å². The summed E-state index contributed by atoms with van der Waals surface area (Å²) in [6.45, 7) is -0.137. The predicted molar refractivity (Wildman–Crippen MR) is 54.6 cm³/mol. The molecule has 0 fully saturated rings.